The Balaban J connectivity index is 3.09. The Hall–Kier alpha value is -1.34. The van der Waals surface area contributed by atoms with E-state index in [4.69, 9.17) is 11.6 Å². The highest BCUT2D eigenvalue weighted by molar-refractivity contribution is 6.36. The van der Waals surface area contributed by atoms with Gasteiger partial charge >= 0.3 is 0 Å². The fourth-order valence-electron chi connectivity index (χ4n) is 0.962. The van der Waals surface area contributed by atoms with Gasteiger partial charge in [0.15, 0.2) is 5.78 Å². The average Bonchev–Trinajstić information content (AvgIpc) is 2.16. The van der Waals surface area contributed by atoms with E-state index in [-0.39, 0.29) is 5.78 Å². The van der Waals surface area contributed by atoms with Gasteiger partial charge in [-0.2, -0.15) is 0 Å². The molecule has 0 radical (unpaired) electrons. The summed E-state index contributed by atoms with van der Waals surface area (Å²) in [4.78, 5) is 11.2. The molecule has 0 aliphatic heterocycles. The summed E-state index contributed by atoms with van der Waals surface area (Å²) < 4.78 is 0. The zero-order valence-electron chi connectivity index (χ0n) is 7.09. The van der Waals surface area contributed by atoms with Crippen LogP contribution in [-0.2, 0) is 4.79 Å². The van der Waals surface area contributed by atoms with Crippen LogP contribution in [0.1, 0.15) is 5.56 Å². The number of allylic oxidation sites excluding steroid dienone is 2. The second-order valence-electron chi connectivity index (χ2n) is 2.53. The Morgan fingerprint density at radius 1 is 1.38 bits per heavy atom. The van der Waals surface area contributed by atoms with E-state index in [0.717, 1.165) is 0 Å². The Labute approximate surface area is 82.3 Å². The van der Waals surface area contributed by atoms with Gasteiger partial charge in [-0.05, 0) is 12.1 Å². The van der Waals surface area contributed by atoms with Gasteiger partial charge in [0, 0.05) is 16.2 Å². The van der Waals surface area contributed by atoms with E-state index in [1.807, 2.05) is 6.07 Å². The van der Waals surface area contributed by atoms with Crippen LogP contribution >= 0.6 is 11.6 Å². The van der Waals surface area contributed by atoms with Crippen molar-refractivity contribution in [1.82, 2.24) is 0 Å². The Bertz CT molecular complexity index is 366. The molecule has 2 heteroatoms. The van der Waals surface area contributed by atoms with Crippen molar-refractivity contribution < 1.29 is 4.79 Å². The van der Waals surface area contributed by atoms with Gasteiger partial charge in [-0.3, -0.25) is 4.79 Å². The standard InChI is InChI=1S/C11H9ClO/c1-3-11(13)8(2)9-6-4-5-7-10(9)12/h3-7H,1-2H2. The highest BCUT2D eigenvalue weighted by Crippen LogP contribution is 2.22. The van der Waals surface area contributed by atoms with Gasteiger partial charge in [0.2, 0.25) is 0 Å². The third kappa shape index (κ3) is 2.07. The van der Waals surface area contributed by atoms with Crippen molar-refractivity contribution in [2.75, 3.05) is 0 Å². The molecule has 0 aliphatic rings. The number of carbonyl (C=O) groups excluding carboxylic acids is 1. The average molecular weight is 193 g/mol. The maximum Gasteiger partial charge on any atom is 0.185 e. The van der Waals surface area contributed by atoms with Crippen LogP contribution in [0.25, 0.3) is 5.57 Å². The summed E-state index contributed by atoms with van der Waals surface area (Å²) in [6.45, 7) is 7.03. The molecule has 0 amide bonds. The Morgan fingerprint density at radius 2 is 2.00 bits per heavy atom. The minimum atomic E-state index is -0.201. The monoisotopic (exact) mass is 192 g/mol. The van der Waals surface area contributed by atoms with E-state index in [0.29, 0.717) is 16.2 Å². The molecule has 0 heterocycles. The zero-order valence-corrected chi connectivity index (χ0v) is 7.84. The van der Waals surface area contributed by atoms with Crippen LogP contribution in [0, 0.1) is 0 Å². The lowest BCUT2D eigenvalue weighted by atomic mass is 10.0. The third-order valence-electron chi connectivity index (χ3n) is 1.68. The van der Waals surface area contributed by atoms with Crippen LogP contribution in [0.5, 0.6) is 0 Å². The van der Waals surface area contributed by atoms with E-state index in [1.165, 1.54) is 6.08 Å². The Morgan fingerprint density at radius 3 is 2.54 bits per heavy atom. The quantitative estimate of drug-likeness (QED) is 0.673. The van der Waals surface area contributed by atoms with Gasteiger partial charge < -0.3 is 0 Å². The molecule has 13 heavy (non-hydrogen) atoms. The number of halogens is 1. The third-order valence-corrected chi connectivity index (χ3v) is 2.01. The maximum absolute atomic E-state index is 11.2. The lowest BCUT2D eigenvalue weighted by molar-refractivity contribution is -0.109. The number of rotatable bonds is 3. The van der Waals surface area contributed by atoms with E-state index in [2.05, 4.69) is 13.2 Å². The van der Waals surface area contributed by atoms with Gasteiger partial charge in [0.25, 0.3) is 0 Å². The molecule has 0 atom stereocenters. The van der Waals surface area contributed by atoms with Gasteiger partial charge in [-0.15, -0.1) is 0 Å². The summed E-state index contributed by atoms with van der Waals surface area (Å²) in [5.41, 5.74) is 1.04. The number of benzene rings is 1. The molecule has 0 saturated heterocycles. The number of carbonyl (C=O) groups is 1. The van der Waals surface area contributed by atoms with E-state index >= 15 is 0 Å². The maximum atomic E-state index is 11.2. The van der Waals surface area contributed by atoms with Crippen molar-refractivity contribution in [1.29, 1.82) is 0 Å². The molecular formula is C11H9ClO. The van der Waals surface area contributed by atoms with Gasteiger partial charge in [0.05, 0.1) is 0 Å². The van der Waals surface area contributed by atoms with E-state index in [9.17, 15) is 4.79 Å². The van der Waals surface area contributed by atoms with Crippen molar-refractivity contribution in [2.45, 2.75) is 0 Å². The van der Waals surface area contributed by atoms with Crippen LogP contribution in [-0.4, -0.2) is 5.78 Å². The Kier molecular flexibility index (Phi) is 3.04. The second-order valence-corrected chi connectivity index (χ2v) is 2.93. The molecule has 0 fully saturated rings. The molecule has 0 N–H and O–H groups in total. The van der Waals surface area contributed by atoms with Gasteiger partial charge in [-0.25, -0.2) is 0 Å². The molecule has 0 saturated carbocycles. The summed E-state index contributed by atoms with van der Waals surface area (Å²) in [7, 11) is 0. The largest absolute Gasteiger partial charge is 0.289 e. The van der Waals surface area contributed by atoms with Crippen LogP contribution in [0.2, 0.25) is 5.02 Å². The SMILES string of the molecule is C=CC(=O)C(=C)c1ccccc1Cl. The molecule has 0 aliphatic carbocycles. The van der Waals surface area contributed by atoms with Gasteiger partial charge in [0.1, 0.15) is 0 Å². The van der Waals surface area contributed by atoms with Crippen molar-refractivity contribution in [2.24, 2.45) is 0 Å². The van der Waals surface area contributed by atoms with Crippen molar-refractivity contribution in [3.63, 3.8) is 0 Å². The number of ketones is 1. The lowest BCUT2D eigenvalue weighted by Crippen LogP contribution is -1.95. The highest BCUT2D eigenvalue weighted by Gasteiger charge is 2.08. The minimum Gasteiger partial charge on any atom is -0.289 e. The highest BCUT2D eigenvalue weighted by atomic mass is 35.5. The van der Waals surface area contributed by atoms with Crippen LogP contribution in [0.3, 0.4) is 0 Å². The van der Waals surface area contributed by atoms with Crippen LogP contribution in [0.4, 0.5) is 0 Å². The summed E-state index contributed by atoms with van der Waals surface area (Å²) >= 11 is 5.87. The first-order chi connectivity index (χ1) is 6.16. The van der Waals surface area contributed by atoms with Crippen LogP contribution in [0.15, 0.2) is 43.5 Å². The number of hydrogen-bond acceptors (Lipinski definition) is 1. The molecular weight excluding hydrogens is 184 g/mol. The lowest BCUT2D eigenvalue weighted by Gasteiger charge is -2.03. The summed E-state index contributed by atoms with van der Waals surface area (Å²) in [6.07, 6.45) is 1.23. The van der Waals surface area contributed by atoms with Crippen molar-refractivity contribution in [3.8, 4) is 0 Å². The molecule has 1 rings (SSSR count). The molecule has 1 aromatic rings. The number of hydrogen-bond donors (Lipinski definition) is 0. The molecule has 0 aromatic heterocycles. The van der Waals surface area contributed by atoms with Crippen LogP contribution < -0.4 is 0 Å². The predicted octanol–water partition coefficient (Wildman–Crippen LogP) is 3.11. The molecule has 0 spiro atoms. The normalized spacial score (nSPS) is 9.31. The predicted molar refractivity (Wildman–Crippen MR) is 55.7 cm³/mol. The molecule has 1 aromatic carbocycles. The summed E-state index contributed by atoms with van der Waals surface area (Å²) in [5.74, 6) is -0.201. The topological polar surface area (TPSA) is 17.1 Å². The molecule has 0 unspecified atom stereocenters. The first-order valence-electron chi connectivity index (χ1n) is 3.77. The molecule has 66 valence electrons. The minimum absolute atomic E-state index is 0.201. The summed E-state index contributed by atoms with van der Waals surface area (Å²) in [5, 5.41) is 0.530. The molecule has 1 nitrogen and oxygen atoms in total. The van der Waals surface area contributed by atoms with Crippen molar-refractivity contribution in [3.05, 3.63) is 54.1 Å². The smallest absolute Gasteiger partial charge is 0.185 e. The first-order valence-corrected chi connectivity index (χ1v) is 4.15. The second kappa shape index (κ2) is 4.06. The molecule has 0 bridgehead atoms. The first kappa shape index (κ1) is 9.75. The van der Waals surface area contributed by atoms with Crippen molar-refractivity contribution >= 4 is 23.0 Å². The zero-order chi connectivity index (χ0) is 9.84. The van der Waals surface area contributed by atoms with E-state index in [1.54, 1.807) is 18.2 Å². The van der Waals surface area contributed by atoms with Gasteiger partial charge in [-0.1, -0.05) is 43.0 Å². The summed E-state index contributed by atoms with van der Waals surface area (Å²) in [6, 6.07) is 7.09. The van der Waals surface area contributed by atoms with E-state index < -0.39 is 0 Å². The fourth-order valence-corrected chi connectivity index (χ4v) is 1.21. The fraction of sp³-hybridized carbons (Fsp3) is 0.